The zero-order valence-electron chi connectivity index (χ0n) is 17.0. The SMILES string of the molecule is CC(C)Cn1c(SCC(=O)Nc2ccc3ccccc3c2)nc2ccccc2c1=O. The largest absolute Gasteiger partial charge is 0.325 e. The number of rotatable bonds is 6. The van der Waals surface area contributed by atoms with Crippen molar-refractivity contribution in [3.8, 4) is 0 Å². The van der Waals surface area contributed by atoms with Gasteiger partial charge in [0.25, 0.3) is 5.56 Å². The van der Waals surface area contributed by atoms with Gasteiger partial charge in [-0.25, -0.2) is 4.98 Å². The number of thioether (sulfide) groups is 1. The maximum Gasteiger partial charge on any atom is 0.262 e. The van der Waals surface area contributed by atoms with Crippen LogP contribution in [0, 0.1) is 5.92 Å². The van der Waals surface area contributed by atoms with Crippen molar-refractivity contribution in [2.45, 2.75) is 25.5 Å². The van der Waals surface area contributed by atoms with Gasteiger partial charge in [-0.15, -0.1) is 0 Å². The molecule has 0 spiro atoms. The average Bonchev–Trinajstić information content (AvgIpc) is 2.74. The van der Waals surface area contributed by atoms with Gasteiger partial charge < -0.3 is 5.32 Å². The van der Waals surface area contributed by atoms with Gasteiger partial charge in [0.2, 0.25) is 5.91 Å². The van der Waals surface area contributed by atoms with E-state index in [4.69, 9.17) is 0 Å². The van der Waals surface area contributed by atoms with E-state index < -0.39 is 0 Å². The monoisotopic (exact) mass is 417 g/mol. The molecule has 1 heterocycles. The zero-order valence-corrected chi connectivity index (χ0v) is 17.8. The van der Waals surface area contributed by atoms with Gasteiger partial charge >= 0.3 is 0 Å². The first-order valence-corrected chi connectivity index (χ1v) is 10.9. The summed E-state index contributed by atoms with van der Waals surface area (Å²) >= 11 is 1.29. The number of benzene rings is 3. The predicted octanol–water partition coefficient (Wildman–Crippen LogP) is 4.94. The molecule has 1 N–H and O–H groups in total. The Bertz CT molecular complexity index is 1280. The molecule has 0 bridgehead atoms. The van der Waals surface area contributed by atoms with Crippen LogP contribution < -0.4 is 10.9 Å². The van der Waals surface area contributed by atoms with E-state index in [1.807, 2.05) is 60.7 Å². The van der Waals surface area contributed by atoms with E-state index >= 15 is 0 Å². The second kappa shape index (κ2) is 8.71. The summed E-state index contributed by atoms with van der Waals surface area (Å²) in [6, 6.07) is 21.2. The number of para-hydroxylation sites is 1. The number of carbonyl (C=O) groups excluding carboxylic acids is 1. The van der Waals surface area contributed by atoms with Gasteiger partial charge in [-0.3, -0.25) is 14.2 Å². The van der Waals surface area contributed by atoms with E-state index in [-0.39, 0.29) is 23.1 Å². The Labute approximate surface area is 179 Å². The molecule has 152 valence electrons. The Kier molecular flexibility index (Phi) is 5.86. The minimum absolute atomic E-state index is 0.0632. The van der Waals surface area contributed by atoms with Crippen LogP contribution in [0.1, 0.15) is 13.8 Å². The summed E-state index contributed by atoms with van der Waals surface area (Å²) in [5.41, 5.74) is 1.34. The highest BCUT2D eigenvalue weighted by molar-refractivity contribution is 7.99. The van der Waals surface area contributed by atoms with Crippen molar-refractivity contribution in [3.63, 3.8) is 0 Å². The third-order valence-electron chi connectivity index (χ3n) is 4.74. The van der Waals surface area contributed by atoms with Crippen LogP contribution >= 0.6 is 11.8 Å². The van der Waals surface area contributed by atoms with Crippen molar-refractivity contribution in [1.82, 2.24) is 9.55 Å². The molecule has 5 nitrogen and oxygen atoms in total. The van der Waals surface area contributed by atoms with E-state index in [0.29, 0.717) is 22.6 Å². The minimum atomic E-state index is -0.131. The van der Waals surface area contributed by atoms with E-state index in [0.717, 1.165) is 16.5 Å². The normalized spacial score (nSPS) is 11.3. The molecular weight excluding hydrogens is 394 g/mol. The second-order valence-corrected chi connectivity index (χ2v) is 8.56. The van der Waals surface area contributed by atoms with E-state index in [1.54, 1.807) is 10.6 Å². The van der Waals surface area contributed by atoms with Crippen LogP contribution in [0.25, 0.3) is 21.7 Å². The number of amides is 1. The van der Waals surface area contributed by atoms with Crippen LogP contribution in [-0.4, -0.2) is 21.2 Å². The summed E-state index contributed by atoms with van der Waals surface area (Å²) in [4.78, 5) is 30.2. The number of fused-ring (bicyclic) bond motifs is 2. The summed E-state index contributed by atoms with van der Waals surface area (Å²) < 4.78 is 1.68. The van der Waals surface area contributed by atoms with E-state index in [1.165, 1.54) is 11.8 Å². The lowest BCUT2D eigenvalue weighted by molar-refractivity contribution is -0.113. The molecule has 1 aromatic heterocycles. The zero-order chi connectivity index (χ0) is 21.1. The number of anilines is 1. The summed E-state index contributed by atoms with van der Waals surface area (Å²) in [7, 11) is 0. The van der Waals surface area contributed by atoms with Crippen LogP contribution in [0.3, 0.4) is 0 Å². The number of nitrogens with one attached hydrogen (secondary N) is 1. The summed E-state index contributed by atoms with van der Waals surface area (Å²) in [5, 5.41) is 6.31. The molecule has 0 aliphatic heterocycles. The molecule has 6 heteroatoms. The highest BCUT2D eigenvalue weighted by Crippen LogP contribution is 2.21. The lowest BCUT2D eigenvalue weighted by atomic mass is 10.1. The van der Waals surface area contributed by atoms with Crippen molar-refractivity contribution in [2.24, 2.45) is 5.92 Å². The van der Waals surface area contributed by atoms with Crippen LogP contribution in [0.5, 0.6) is 0 Å². The van der Waals surface area contributed by atoms with Gasteiger partial charge in [0.1, 0.15) is 0 Å². The number of carbonyl (C=O) groups is 1. The Morgan fingerprint density at radius 1 is 1.03 bits per heavy atom. The number of aromatic nitrogens is 2. The van der Waals surface area contributed by atoms with Crippen molar-refractivity contribution in [1.29, 1.82) is 0 Å². The van der Waals surface area contributed by atoms with Gasteiger partial charge in [-0.1, -0.05) is 68.1 Å². The Morgan fingerprint density at radius 2 is 1.77 bits per heavy atom. The molecule has 0 atom stereocenters. The van der Waals surface area contributed by atoms with Gasteiger partial charge in [0.05, 0.1) is 16.7 Å². The van der Waals surface area contributed by atoms with Crippen molar-refractivity contribution < 1.29 is 4.79 Å². The first-order valence-electron chi connectivity index (χ1n) is 9.92. The minimum Gasteiger partial charge on any atom is -0.325 e. The molecule has 4 aromatic rings. The van der Waals surface area contributed by atoms with Gasteiger partial charge in [-0.2, -0.15) is 0 Å². The molecule has 4 rings (SSSR count). The topological polar surface area (TPSA) is 64.0 Å². The maximum atomic E-state index is 13.0. The second-order valence-electron chi connectivity index (χ2n) is 7.62. The fraction of sp³-hybridized carbons (Fsp3) is 0.208. The average molecular weight is 418 g/mol. The Hall–Kier alpha value is -3.12. The molecule has 0 saturated carbocycles. The van der Waals surface area contributed by atoms with Gasteiger partial charge in [-0.05, 0) is 41.0 Å². The highest BCUT2D eigenvalue weighted by Gasteiger charge is 2.14. The smallest absolute Gasteiger partial charge is 0.262 e. The van der Waals surface area contributed by atoms with Crippen molar-refractivity contribution in [3.05, 3.63) is 77.1 Å². The summed E-state index contributed by atoms with van der Waals surface area (Å²) in [5.74, 6) is 0.334. The molecule has 0 saturated heterocycles. The van der Waals surface area contributed by atoms with Crippen LogP contribution in [0.15, 0.2) is 76.7 Å². The first kappa shape index (κ1) is 20.2. The van der Waals surface area contributed by atoms with Crippen molar-refractivity contribution >= 4 is 45.0 Å². The molecule has 0 aliphatic carbocycles. The molecule has 0 aliphatic rings. The van der Waals surface area contributed by atoms with Crippen LogP contribution in [0.4, 0.5) is 5.69 Å². The molecule has 0 fully saturated rings. The van der Waals surface area contributed by atoms with Gasteiger partial charge in [0, 0.05) is 12.2 Å². The summed E-state index contributed by atoms with van der Waals surface area (Å²) in [6.07, 6.45) is 0. The molecule has 1 amide bonds. The van der Waals surface area contributed by atoms with E-state index in [2.05, 4.69) is 24.1 Å². The van der Waals surface area contributed by atoms with E-state index in [9.17, 15) is 9.59 Å². The molecule has 0 unspecified atom stereocenters. The standard InChI is InChI=1S/C24H23N3O2S/c1-16(2)14-27-23(29)20-9-5-6-10-21(20)26-24(27)30-15-22(28)25-19-12-11-17-7-3-4-8-18(17)13-19/h3-13,16H,14-15H2,1-2H3,(H,25,28). The van der Waals surface area contributed by atoms with Crippen LogP contribution in [0.2, 0.25) is 0 Å². The lowest BCUT2D eigenvalue weighted by Gasteiger charge is -2.15. The number of nitrogens with zero attached hydrogens (tertiary/aromatic N) is 2. The predicted molar refractivity (Wildman–Crippen MR) is 124 cm³/mol. The maximum absolute atomic E-state index is 13.0. The molecular formula is C24H23N3O2S. The Balaban J connectivity index is 1.54. The quantitative estimate of drug-likeness (QED) is 0.357. The third kappa shape index (κ3) is 4.39. The lowest BCUT2D eigenvalue weighted by Crippen LogP contribution is -2.26. The van der Waals surface area contributed by atoms with Crippen molar-refractivity contribution in [2.75, 3.05) is 11.1 Å². The fourth-order valence-electron chi connectivity index (χ4n) is 3.38. The molecule has 3 aromatic carbocycles. The number of hydrogen-bond donors (Lipinski definition) is 1. The van der Waals surface area contributed by atoms with Crippen LogP contribution in [-0.2, 0) is 11.3 Å². The number of hydrogen-bond acceptors (Lipinski definition) is 4. The Morgan fingerprint density at radius 3 is 2.57 bits per heavy atom. The van der Waals surface area contributed by atoms with Gasteiger partial charge in [0.15, 0.2) is 5.16 Å². The molecule has 30 heavy (non-hydrogen) atoms. The first-order chi connectivity index (χ1) is 14.5. The highest BCUT2D eigenvalue weighted by atomic mass is 32.2. The summed E-state index contributed by atoms with van der Waals surface area (Å²) in [6.45, 7) is 4.68. The fourth-order valence-corrected chi connectivity index (χ4v) is 4.19. The molecule has 0 radical (unpaired) electrons. The third-order valence-corrected chi connectivity index (χ3v) is 5.72.